The van der Waals surface area contributed by atoms with Gasteiger partial charge in [-0.3, -0.25) is 25.4 Å². The summed E-state index contributed by atoms with van der Waals surface area (Å²) in [5.41, 5.74) is 6.05. The number of methoxy groups -OCH3 is 1. The predicted octanol–water partition coefficient (Wildman–Crippen LogP) is 2.22. The second-order valence-corrected chi connectivity index (χ2v) is 5.04. The van der Waals surface area contributed by atoms with Crippen molar-refractivity contribution in [2.75, 3.05) is 7.11 Å². The summed E-state index contributed by atoms with van der Waals surface area (Å²) >= 11 is 0. The van der Waals surface area contributed by atoms with E-state index < -0.39 is 11.8 Å². The Morgan fingerprint density at radius 2 is 1.92 bits per heavy atom. The molecule has 122 valence electrons. The molecule has 0 atom stereocenters. The van der Waals surface area contributed by atoms with E-state index in [1.807, 2.05) is 0 Å². The largest absolute Gasteiger partial charge is 0.497 e. The van der Waals surface area contributed by atoms with Gasteiger partial charge in [0.15, 0.2) is 5.76 Å². The molecule has 7 nitrogen and oxygen atoms in total. The Hall–Kier alpha value is -3.35. The number of pyridine rings is 1. The smallest absolute Gasteiger partial charge is 0.305 e. The Balaban J connectivity index is 1.77. The van der Waals surface area contributed by atoms with Gasteiger partial charge in [0.1, 0.15) is 17.0 Å². The highest BCUT2D eigenvalue weighted by Gasteiger charge is 2.19. The Bertz CT molecular complexity index is 903. The van der Waals surface area contributed by atoms with E-state index in [2.05, 4.69) is 15.8 Å². The molecule has 0 spiro atoms. The number of ether oxygens (including phenoxy) is 1. The van der Waals surface area contributed by atoms with Crippen molar-refractivity contribution in [3.05, 3.63) is 59.6 Å². The van der Waals surface area contributed by atoms with E-state index in [0.29, 0.717) is 16.9 Å². The first-order chi connectivity index (χ1) is 11.6. The van der Waals surface area contributed by atoms with Crippen LogP contribution in [0.4, 0.5) is 0 Å². The van der Waals surface area contributed by atoms with Crippen molar-refractivity contribution >= 4 is 22.8 Å². The lowest BCUT2D eigenvalue weighted by atomic mass is 10.1. The number of benzene rings is 1. The number of furan rings is 1. The van der Waals surface area contributed by atoms with Gasteiger partial charge in [-0.2, -0.15) is 0 Å². The van der Waals surface area contributed by atoms with Crippen LogP contribution < -0.4 is 15.6 Å². The number of nitrogens with zero attached hydrogens (tertiary/aromatic N) is 1. The van der Waals surface area contributed by atoms with Gasteiger partial charge in [0.05, 0.1) is 7.11 Å². The molecule has 2 amide bonds. The Labute approximate surface area is 137 Å². The van der Waals surface area contributed by atoms with E-state index in [1.54, 1.807) is 50.4 Å². The molecular weight excluding hydrogens is 310 g/mol. The van der Waals surface area contributed by atoms with Crippen LogP contribution in [0.15, 0.2) is 47.0 Å². The third-order valence-corrected chi connectivity index (χ3v) is 3.54. The van der Waals surface area contributed by atoms with E-state index in [4.69, 9.17) is 9.15 Å². The van der Waals surface area contributed by atoms with Crippen LogP contribution in [0.3, 0.4) is 0 Å². The van der Waals surface area contributed by atoms with Gasteiger partial charge in [-0.25, -0.2) is 0 Å². The first kappa shape index (κ1) is 15.5. The minimum Gasteiger partial charge on any atom is -0.497 e. The molecule has 24 heavy (non-hydrogen) atoms. The molecule has 2 heterocycles. The highest BCUT2D eigenvalue weighted by Crippen LogP contribution is 2.28. The van der Waals surface area contributed by atoms with Gasteiger partial charge in [-0.15, -0.1) is 0 Å². The molecule has 0 saturated carbocycles. The number of hydrogen-bond acceptors (Lipinski definition) is 5. The molecule has 1 aromatic carbocycles. The number of aromatic nitrogens is 1. The molecule has 0 aliphatic rings. The van der Waals surface area contributed by atoms with Crippen molar-refractivity contribution < 1.29 is 18.7 Å². The van der Waals surface area contributed by atoms with Crippen molar-refractivity contribution in [1.29, 1.82) is 0 Å². The second kappa shape index (κ2) is 6.41. The Morgan fingerprint density at radius 3 is 2.62 bits per heavy atom. The summed E-state index contributed by atoms with van der Waals surface area (Å²) in [5, 5.41) is 0.774. The number of nitrogens with one attached hydrogen (secondary N) is 2. The molecule has 3 aromatic rings. The molecule has 0 saturated heterocycles. The molecule has 0 radical (unpaired) electrons. The summed E-state index contributed by atoms with van der Waals surface area (Å²) < 4.78 is 10.7. The van der Waals surface area contributed by atoms with E-state index in [1.165, 1.54) is 6.20 Å². The maximum atomic E-state index is 12.3. The molecule has 0 bridgehead atoms. The van der Waals surface area contributed by atoms with Crippen molar-refractivity contribution in [3.8, 4) is 5.75 Å². The number of carbonyl (C=O) groups excluding carboxylic acids is 2. The van der Waals surface area contributed by atoms with Crippen molar-refractivity contribution in [3.63, 3.8) is 0 Å². The first-order valence-electron chi connectivity index (χ1n) is 7.19. The molecule has 0 unspecified atom stereocenters. The molecule has 3 rings (SSSR count). The van der Waals surface area contributed by atoms with Crippen LogP contribution in [0.25, 0.3) is 11.0 Å². The van der Waals surface area contributed by atoms with Crippen LogP contribution in [0.5, 0.6) is 5.75 Å². The summed E-state index contributed by atoms with van der Waals surface area (Å²) in [6, 6.07) is 10.2. The average Bonchev–Trinajstić information content (AvgIpc) is 2.96. The summed E-state index contributed by atoms with van der Waals surface area (Å²) in [6.45, 7) is 1.76. The fourth-order valence-corrected chi connectivity index (χ4v) is 2.27. The van der Waals surface area contributed by atoms with Gasteiger partial charge in [-0.1, -0.05) is 6.07 Å². The molecule has 2 N–H and O–H groups in total. The van der Waals surface area contributed by atoms with Gasteiger partial charge in [0.2, 0.25) is 0 Å². The normalized spacial score (nSPS) is 10.4. The van der Waals surface area contributed by atoms with Gasteiger partial charge in [0, 0.05) is 17.1 Å². The van der Waals surface area contributed by atoms with Crippen LogP contribution in [0.2, 0.25) is 0 Å². The molecule has 0 aliphatic heterocycles. The van der Waals surface area contributed by atoms with Crippen LogP contribution in [-0.2, 0) is 0 Å². The summed E-state index contributed by atoms with van der Waals surface area (Å²) in [5.74, 6) is -0.271. The van der Waals surface area contributed by atoms with E-state index in [-0.39, 0.29) is 11.5 Å². The summed E-state index contributed by atoms with van der Waals surface area (Å²) in [6.07, 6.45) is 1.49. The van der Waals surface area contributed by atoms with E-state index in [0.717, 1.165) is 5.39 Å². The summed E-state index contributed by atoms with van der Waals surface area (Å²) in [7, 11) is 1.57. The second-order valence-electron chi connectivity index (χ2n) is 5.04. The highest BCUT2D eigenvalue weighted by atomic mass is 16.5. The lowest BCUT2D eigenvalue weighted by Gasteiger charge is -2.05. The lowest BCUT2D eigenvalue weighted by Crippen LogP contribution is -2.42. The predicted molar refractivity (Wildman–Crippen MR) is 86.7 cm³/mol. The Morgan fingerprint density at radius 1 is 1.12 bits per heavy atom. The average molecular weight is 325 g/mol. The standard InChI is InChI=1S/C17H15N3O4/c1-10-12-9-11(23-2)6-7-14(12)24-15(10)17(22)20-19-16(21)13-5-3-4-8-18-13/h3-9H,1-2H3,(H,19,21)(H,20,22). The molecule has 0 fully saturated rings. The Kier molecular flexibility index (Phi) is 4.15. The van der Waals surface area contributed by atoms with Crippen LogP contribution in [-0.4, -0.2) is 23.9 Å². The zero-order valence-electron chi connectivity index (χ0n) is 13.1. The lowest BCUT2D eigenvalue weighted by molar-refractivity contribution is 0.0829. The van der Waals surface area contributed by atoms with Gasteiger partial charge >= 0.3 is 5.91 Å². The molecule has 7 heteroatoms. The first-order valence-corrected chi connectivity index (χ1v) is 7.19. The number of amides is 2. The number of hydrazine groups is 1. The SMILES string of the molecule is COc1ccc2oc(C(=O)NNC(=O)c3ccccn3)c(C)c2c1. The quantitative estimate of drug-likeness (QED) is 0.720. The summed E-state index contributed by atoms with van der Waals surface area (Å²) in [4.78, 5) is 28.0. The van der Waals surface area contributed by atoms with Gasteiger partial charge < -0.3 is 9.15 Å². The molecule has 2 aromatic heterocycles. The maximum Gasteiger partial charge on any atom is 0.305 e. The third kappa shape index (κ3) is 2.91. The fraction of sp³-hybridized carbons (Fsp3) is 0.118. The highest BCUT2D eigenvalue weighted by molar-refractivity contribution is 6.01. The number of carbonyl (C=O) groups is 2. The van der Waals surface area contributed by atoms with Crippen LogP contribution in [0, 0.1) is 6.92 Å². The maximum absolute atomic E-state index is 12.3. The number of aryl methyl sites for hydroxylation is 1. The van der Waals surface area contributed by atoms with Crippen LogP contribution >= 0.6 is 0 Å². The zero-order chi connectivity index (χ0) is 17.1. The number of fused-ring (bicyclic) bond motifs is 1. The van der Waals surface area contributed by atoms with Crippen molar-refractivity contribution in [2.24, 2.45) is 0 Å². The van der Waals surface area contributed by atoms with Crippen molar-refractivity contribution in [2.45, 2.75) is 6.92 Å². The minimum atomic E-state index is -0.549. The number of rotatable bonds is 3. The molecular formula is C17H15N3O4. The van der Waals surface area contributed by atoms with Gasteiger partial charge in [0.25, 0.3) is 5.91 Å². The molecule has 0 aliphatic carbocycles. The topological polar surface area (TPSA) is 93.5 Å². The van der Waals surface area contributed by atoms with Crippen molar-refractivity contribution in [1.82, 2.24) is 15.8 Å². The zero-order valence-corrected chi connectivity index (χ0v) is 13.1. The van der Waals surface area contributed by atoms with E-state index in [9.17, 15) is 9.59 Å². The fourth-order valence-electron chi connectivity index (χ4n) is 2.27. The van der Waals surface area contributed by atoms with Gasteiger partial charge in [-0.05, 0) is 37.3 Å². The monoisotopic (exact) mass is 325 g/mol. The van der Waals surface area contributed by atoms with E-state index >= 15 is 0 Å². The van der Waals surface area contributed by atoms with Crippen LogP contribution in [0.1, 0.15) is 26.6 Å². The minimum absolute atomic E-state index is 0.125. The third-order valence-electron chi connectivity index (χ3n) is 3.54. The number of hydrogen-bond donors (Lipinski definition) is 2.